The molecule has 5 rings (SSSR count). The topological polar surface area (TPSA) is 64.6 Å². The van der Waals surface area contributed by atoms with Gasteiger partial charge in [-0.25, -0.2) is 4.98 Å². The molecule has 1 aromatic carbocycles. The Bertz CT molecular complexity index is 787. The van der Waals surface area contributed by atoms with Gasteiger partial charge in [-0.2, -0.15) is 0 Å². The molecule has 2 aliphatic heterocycles. The van der Waals surface area contributed by atoms with Crippen LogP contribution in [-0.4, -0.2) is 69.3 Å². The maximum absolute atomic E-state index is 9.66. The lowest BCUT2D eigenvalue weighted by Crippen LogP contribution is -2.46. The molecule has 2 N–H and O–H groups in total. The van der Waals surface area contributed by atoms with E-state index in [0.29, 0.717) is 6.10 Å². The molecule has 0 radical (unpaired) electrons. The van der Waals surface area contributed by atoms with Crippen molar-refractivity contribution in [2.24, 2.45) is 0 Å². The van der Waals surface area contributed by atoms with Crippen molar-refractivity contribution in [3.05, 3.63) is 24.0 Å². The average Bonchev–Trinajstić information content (AvgIpc) is 3.05. The number of benzene rings is 1. The first-order valence-electron chi connectivity index (χ1n) is 11.0. The minimum absolute atomic E-state index is 0.132. The zero-order chi connectivity index (χ0) is 18.9. The van der Waals surface area contributed by atoms with Crippen molar-refractivity contribution >= 4 is 11.0 Å². The first-order chi connectivity index (χ1) is 13.7. The van der Waals surface area contributed by atoms with E-state index in [-0.39, 0.29) is 6.10 Å². The number of H-pyrrole nitrogens is 1. The van der Waals surface area contributed by atoms with Crippen molar-refractivity contribution in [1.82, 2.24) is 19.8 Å². The van der Waals surface area contributed by atoms with Crippen molar-refractivity contribution in [3.63, 3.8) is 0 Å². The van der Waals surface area contributed by atoms with Gasteiger partial charge in [-0.15, -0.1) is 0 Å². The van der Waals surface area contributed by atoms with E-state index in [1.807, 2.05) is 0 Å². The van der Waals surface area contributed by atoms with Crippen LogP contribution in [0.25, 0.3) is 11.0 Å². The van der Waals surface area contributed by atoms with Gasteiger partial charge in [-0.3, -0.25) is 4.90 Å². The standard InChI is InChI=1S/C22H32N4O2/c27-17-6-10-25(11-7-17)15-22-23-20-5-4-19(14-21(20)24-22)28-18-8-12-26(13-9-18)16-2-1-3-16/h4-5,14,16-18,27H,1-3,6-13,15H2,(H,23,24). The van der Waals surface area contributed by atoms with Crippen LogP contribution in [-0.2, 0) is 6.54 Å². The Morgan fingerprint density at radius 3 is 2.54 bits per heavy atom. The van der Waals surface area contributed by atoms with Crippen molar-refractivity contribution in [3.8, 4) is 5.75 Å². The molecule has 0 bridgehead atoms. The van der Waals surface area contributed by atoms with Crippen molar-refractivity contribution < 1.29 is 9.84 Å². The molecule has 0 atom stereocenters. The fraction of sp³-hybridized carbons (Fsp3) is 0.682. The Morgan fingerprint density at radius 2 is 1.82 bits per heavy atom. The van der Waals surface area contributed by atoms with Gasteiger partial charge in [0.2, 0.25) is 0 Å². The van der Waals surface area contributed by atoms with E-state index >= 15 is 0 Å². The van der Waals surface area contributed by atoms with Crippen LogP contribution in [0.3, 0.4) is 0 Å². The lowest BCUT2D eigenvalue weighted by Gasteiger charge is -2.41. The number of imidazole rings is 1. The van der Waals surface area contributed by atoms with Gasteiger partial charge in [-0.05, 0) is 50.7 Å². The number of aromatic amines is 1. The van der Waals surface area contributed by atoms with Crippen molar-refractivity contribution in [2.45, 2.75) is 69.7 Å². The number of ether oxygens (including phenoxy) is 1. The molecule has 3 aliphatic rings. The molecule has 6 heteroatoms. The van der Waals surface area contributed by atoms with Crippen molar-refractivity contribution in [2.75, 3.05) is 26.2 Å². The number of aliphatic hydroxyl groups is 1. The molecular formula is C22H32N4O2. The number of nitrogens with one attached hydrogen (secondary N) is 1. The average molecular weight is 385 g/mol. The summed E-state index contributed by atoms with van der Waals surface area (Å²) >= 11 is 0. The van der Waals surface area contributed by atoms with Gasteiger partial charge in [0, 0.05) is 38.3 Å². The van der Waals surface area contributed by atoms with E-state index in [2.05, 4.69) is 33.0 Å². The van der Waals surface area contributed by atoms with Crippen LogP contribution >= 0.6 is 0 Å². The fourth-order valence-corrected chi connectivity index (χ4v) is 4.78. The smallest absolute Gasteiger partial charge is 0.121 e. The third-order valence-electron chi connectivity index (χ3n) is 6.80. The highest BCUT2D eigenvalue weighted by atomic mass is 16.5. The van der Waals surface area contributed by atoms with Crippen LogP contribution in [0.1, 0.15) is 50.8 Å². The van der Waals surface area contributed by atoms with Crippen LogP contribution in [0, 0.1) is 0 Å². The lowest BCUT2D eigenvalue weighted by molar-refractivity contribution is 0.0494. The predicted molar refractivity (Wildman–Crippen MR) is 109 cm³/mol. The highest BCUT2D eigenvalue weighted by Crippen LogP contribution is 2.29. The Labute approximate surface area is 166 Å². The summed E-state index contributed by atoms with van der Waals surface area (Å²) in [6.45, 7) is 5.04. The SMILES string of the molecule is OC1CCN(Cc2nc3ccc(OC4CCN(C5CCC5)CC4)cc3[nH]2)CC1. The number of hydrogen-bond acceptors (Lipinski definition) is 5. The van der Waals surface area contributed by atoms with E-state index in [0.717, 1.165) is 74.0 Å². The van der Waals surface area contributed by atoms with E-state index in [1.54, 1.807) is 0 Å². The second kappa shape index (κ2) is 8.01. The quantitative estimate of drug-likeness (QED) is 0.830. The Hall–Kier alpha value is -1.63. The number of likely N-dealkylation sites (tertiary alicyclic amines) is 2. The maximum Gasteiger partial charge on any atom is 0.121 e. The van der Waals surface area contributed by atoms with Gasteiger partial charge in [0.25, 0.3) is 0 Å². The third kappa shape index (κ3) is 4.04. The molecule has 1 aromatic heterocycles. The number of aliphatic hydroxyl groups excluding tert-OH is 1. The second-order valence-electron chi connectivity index (χ2n) is 8.81. The Balaban J connectivity index is 1.18. The number of fused-ring (bicyclic) bond motifs is 1. The minimum atomic E-state index is -0.132. The van der Waals surface area contributed by atoms with Crippen LogP contribution in [0.5, 0.6) is 5.75 Å². The fourth-order valence-electron chi connectivity index (χ4n) is 4.78. The number of hydrogen-bond donors (Lipinski definition) is 2. The van der Waals surface area contributed by atoms with E-state index in [9.17, 15) is 5.11 Å². The lowest BCUT2D eigenvalue weighted by atomic mass is 9.90. The molecule has 0 unspecified atom stereocenters. The van der Waals surface area contributed by atoms with Crippen molar-refractivity contribution in [1.29, 1.82) is 0 Å². The first kappa shape index (κ1) is 18.4. The molecule has 2 aromatic rings. The van der Waals surface area contributed by atoms with Gasteiger partial charge in [0.05, 0.1) is 23.7 Å². The summed E-state index contributed by atoms with van der Waals surface area (Å²) < 4.78 is 6.30. The van der Waals surface area contributed by atoms with Gasteiger partial charge in [0.15, 0.2) is 0 Å². The van der Waals surface area contributed by atoms with Gasteiger partial charge >= 0.3 is 0 Å². The molecule has 2 saturated heterocycles. The summed E-state index contributed by atoms with van der Waals surface area (Å²) in [5.41, 5.74) is 2.05. The van der Waals surface area contributed by atoms with Crippen LogP contribution in [0.2, 0.25) is 0 Å². The zero-order valence-corrected chi connectivity index (χ0v) is 16.6. The number of rotatable bonds is 5. The highest BCUT2D eigenvalue weighted by Gasteiger charge is 2.29. The molecule has 6 nitrogen and oxygen atoms in total. The van der Waals surface area contributed by atoms with Crippen LogP contribution in [0.4, 0.5) is 0 Å². The molecule has 1 saturated carbocycles. The zero-order valence-electron chi connectivity index (χ0n) is 16.6. The van der Waals surface area contributed by atoms with E-state index in [4.69, 9.17) is 9.72 Å². The third-order valence-corrected chi connectivity index (χ3v) is 6.80. The monoisotopic (exact) mass is 384 g/mol. The van der Waals surface area contributed by atoms with E-state index < -0.39 is 0 Å². The molecular weight excluding hydrogens is 352 g/mol. The minimum Gasteiger partial charge on any atom is -0.490 e. The largest absolute Gasteiger partial charge is 0.490 e. The normalized spacial score (nSPS) is 23.9. The second-order valence-corrected chi connectivity index (χ2v) is 8.81. The predicted octanol–water partition coefficient (Wildman–Crippen LogP) is 2.92. The summed E-state index contributed by atoms with van der Waals surface area (Å²) in [5.74, 6) is 1.95. The molecule has 28 heavy (non-hydrogen) atoms. The van der Waals surface area contributed by atoms with E-state index in [1.165, 1.54) is 32.4 Å². The highest BCUT2D eigenvalue weighted by molar-refractivity contribution is 5.76. The Morgan fingerprint density at radius 1 is 1.04 bits per heavy atom. The van der Waals surface area contributed by atoms with Gasteiger partial charge in [-0.1, -0.05) is 6.42 Å². The first-order valence-corrected chi connectivity index (χ1v) is 11.0. The molecule has 3 heterocycles. The molecule has 0 amide bonds. The Kier molecular flexibility index (Phi) is 5.26. The number of piperidine rings is 2. The summed E-state index contributed by atoms with van der Waals surface area (Å²) in [4.78, 5) is 13.2. The van der Waals surface area contributed by atoms with Gasteiger partial charge in [0.1, 0.15) is 17.7 Å². The molecule has 1 aliphatic carbocycles. The van der Waals surface area contributed by atoms with Gasteiger partial charge < -0.3 is 19.7 Å². The summed E-state index contributed by atoms with van der Waals surface area (Å²) in [6, 6.07) is 7.07. The van der Waals surface area contributed by atoms with Crippen LogP contribution in [0.15, 0.2) is 18.2 Å². The summed E-state index contributed by atoms with van der Waals surface area (Å²) in [5, 5.41) is 9.66. The van der Waals surface area contributed by atoms with Crippen LogP contribution < -0.4 is 4.74 Å². The number of nitrogens with zero attached hydrogens (tertiary/aromatic N) is 3. The maximum atomic E-state index is 9.66. The molecule has 152 valence electrons. The summed E-state index contributed by atoms with van der Waals surface area (Å²) in [7, 11) is 0. The molecule has 0 spiro atoms. The number of aromatic nitrogens is 2. The summed E-state index contributed by atoms with van der Waals surface area (Å²) in [6.07, 6.45) is 8.36. The molecule has 3 fully saturated rings.